The lowest BCUT2D eigenvalue weighted by Crippen LogP contribution is -1.84. The summed E-state index contributed by atoms with van der Waals surface area (Å²) in [5.41, 5.74) is 0. The summed E-state index contributed by atoms with van der Waals surface area (Å²) in [6, 6.07) is 0. The van der Waals surface area contributed by atoms with E-state index in [2.05, 4.69) is 6.92 Å². The van der Waals surface area contributed by atoms with Crippen LogP contribution in [0, 0.1) is 0 Å². The molecule has 0 aromatic rings. The van der Waals surface area contributed by atoms with Crippen molar-refractivity contribution in [3.8, 4) is 0 Å². The van der Waals surface area contributed by atoms with E-state index in [4.69, 9.17) is 9.79 Å². The van der Waals surface area contributed by atoms with E-state index in [-0.39, 0.29) is 0 Å². The van der Waals surface area contributed by atoms with Crippen LogP contribution in [0.1, 0.15) is 58.3 Å². The van der Waals surface area contributed by atoms with Crippen molar-refractivity contribution in [2.45, 2.75) is 58.3 Å². The zero-order valence-electron chi connectivity index (χ0n) is 8.71. The summed E-state index contributed by atoms with van der Waals surface area (Å²) in [5, 5.41) is 0. The Balaban J connectivity index is 2.84. The standard InChI is InChI=1S/C10H23O2P/c1-2-3-4-5-6-7-8-9-10-13(11)12/h11-12H,2-10H2,1H3. The fraction of sp³-hybridized carbons (Fsp3) is 1.00. The molecule has 0 radical (unpaired) electrons. The van der Waals surface area contributed by atoms with Crippen molar-refractivity contribution in [1.29, 1.82) is 0 Å². The average Bonchev–Trinajstić information content (AvgIpc) is 2.09. The third kappa shape index (κ3) is 12.4. The normalized spacial score (nSPS) is 11.1. The quantitative estimate of drug-likeness (QED) is 0.448. The molecule has 0 aliphatic heterocycles. The molecule has 2 nitrogen and oxygen atoms in total. The van der Waals surface area contributed by atoms with E-state index in [0.29, 0.717) is 6.16 Å². The zero-order chi connectivity index (χ0) is 9.94. The molecule has 0 aromatic carbocycles. The highest BCUT2D eigenvalue weighted by Crippen LogP contribution is 2.24. The summed E-state index contributed by atoms with van der Waals surface area (Å²) in [6.07, 6.45) is 10.7. The molecule has 13 heavy (non-hydrogen) atoms. The van der Waals surface area contributed by atoms with Crippen LogP contribution in [0.5, 0.6) is 0 Å². The SMILES string of the molecule is CCCCCCCCCCP(O)O. The van der Waals surface area contributed by atoms with Gasteiger partial charge in [0.15, 0.2) is 8.38 Å². The third-order valence-electron chi connectivity index (χ3n) is 2.21. The van der Waals surface area contributed by atoms with Gasteiger partial charge in [-0.3, -0.25) is 0 Å². The Morgan fingerprint density at radius 1 is 0.769 bits per heavy atom. The molecule has 0 amide bonds. The molecule has 2 N–H and O–H groups in total. The van der Waals surface area contributed by atoms with Gasteiger partial charge >= 0.3 is 0 Å². The molecule has 0 aliphatic rings. The van der Waals surface area contributed by atoms with Gasteiger partial charge < -0.3 is 9.79 Å². The fourth-order valence-electron chi connectivity index (χ4n) is 1.39. The molecular weight excluding hydrogens is 183 g/mol. The Morgan fingerprint density at radius 3 is 1.69 bits per heavy atom. The van der Waals surface area contributed by atoms with E-state index < -0.39 is 8.38 Å². The number of hydrogen-bond donors (Lipinski definition) is 2. The highest BCUT2D eigenvalue weighted by molar-refractivity contribution is 7.45. The first-order valence-corrected chi connectivity index (χ1v) is 6.86. The first kappa shape index (κ1) is 13.4. The second kappa shape index (κ2) is 10.4. The topological polar surface area (TPSA) is 40.5 Å². The van der Waals surface area contributed by atoms with E-state index in [1.54, 1.807) is 0 Å². The van der Waals surface area contributed by atoms with Gasteiger partial charge in [-0.05, 0) is 6.42 Å². The molecule has 0 saturated carbocycles. The van der Waals surface area contributed by atoms with Crippen molar-refractivity contribution in [2.24, 2.45) is 0 Å². The summed E-state index contributed by atoms with van der Waals surface area (Å²) < 4.78 is 0. The molecule has 0 atom stereocenters. The molecule has 0 aromatic heterocycles. The lowest BCUT2D eigenvalue weighted by Gasteiger charge is -2.02. The molecule has 0 aliphatic carbocycles. The van der Waals surface area contributed by atoms with Crippen LogP contribution in [-0.2, 0) is 0 Å². The number of rotatable bonds is 9. The minimum absolute atomic E-state index is 0.601. The lowest BCUT2D eigenvalue weighted by molar-refractivity contribution is 0.477. The molecular formula is C10H23O2P. The summed E-state index contributed by atoms with van der Waals surface area (Å²) >= 11 is 0. The van der Waals surface area contributed by atoms with Crippen LogP contribution in [-0.4, -0.2) is 15.9 Å². The molecule has 0 heterocycles. The number of hydrogen-bond acceptors (Lipinski definition) is 2. The third-order valence-corrected chi connectivity index (χ3v) is 2.93. The first-order valence-electron chi connectivity index (χ1n) is 5.42. The Labute approximate surface area is 83.3 Å². The minimum Gasteiger partial charge on any atom is -0.350 e. The van der Waals surface area contributed by atoms with Gasteiger partial charge in [0.1, 0.15) is 0 Å². The second-order valence-electron chi connectivity index (χ2n) is 3.57. The van der Waals surface area contributed by atoms with Crippen LogP contribution in [0.15, 0.2) is 0 Å². The van der Waals surface area contributed by atoms with Crippen molar-refractivity contribution < 1.29 is 9.79 Å². The van der Waals surface area contributed by atoms with E-state index in [1.807, 2.05) is 0 Å². The van der Waals surface area contributed by atoms with Gasteiger partial charge in [-0.2, -0.15) is 0 Å². The molecule has 0 bridgehead atoms. The monoisotopic (exact) mass is 206 g/mol. The van der Waals surface area contributed by atoms with Crippen LogP contribution in [0.3, 0.4) is 0 Å². The molecule has 0 unspecified atom stereocenters. The van der Waals surface area contributed by atoms with Crippen LogP contribution >= 0.6 is 8.38 Å². The van der Waals surface area contributed by atoms with E-state index in [0.717, 1.165) is 12.8 Å². The maximum Gasteiger partial charge on any atom is 0.164 e. The maximum absolute atomic E-state index is 8.65. The first-order chi connectivity index (χ1) is 6.27. The van der Waals surface area contributed by atoms with Gasteiger partial charge in [0.05, 0.1) is 0 Å². The van der Waals surface area contributed by atoms with E-state index in [9.17, 15) is 0 Å². The van der Waals surface area contributed by atoms with Gasteiger partial charge in [-0.15, -0.1) is 0 Å². The molecule has 0 rings (SSSR count). The average molecular weight is 206 g/mol. The summed E-state index contributed by atoms with van der Waals surface area (Å²) in [5.74, 6) is 0. The van der Waals surface area contributed by atoms with Gasteiger partial charge in [0.25, 0.3) is 0 Å². The number of unbranched alkanes of at least 4 members (excludes halogenated alkanes) is 7. The van der Waals surface area contributed by atoms with Crippen LogP contribution < -0.4 is 0 Å². The summed E-state index contributed by atoms with van der Waals surface area (Å²) in [7, 11) is -1.63. The van der Waals surface area contributed by atoms with Gasteiger partial charge in [0, 0.05) is 6.16 Å². The van der Waals surface area contributed by atoms with Gasteiger partial charge in [-0.1, -0.05) is 51.9 Å². The van der Waals surface area contributed by atoms with Gasteiger partial charge in [-0.25, -0.2) is 0 Å². The Hall–Kier alpha value is 0.350. The Morgan fingerprint density at radius 2 is 1.23 bits per heavy atom. The Kier molecular flexibility index (Phi) is 10.7. The van der Waals surface area contributed by atoms with Gasteiger partial charge in [0.2, 0.25) is 0 Å². The molecule has 0 spiro atoms. The van der Waals surface area contributed by atoms with Crippen molar-refractivity contribution in [3.63, 3.8) is 0 Å². The minimum atomic E-state index is -1.63. The molecule has 0 fully saturated rings. The second-order valence-corrected chi connectivity index (χ2v) is 4.76. The fourth-order valence-corrected chi connectivity index (χ4v) is 1.89. The summed E-state index contributed by atoms with van der Waals surface area (Å²) in [4.78, 5) is 17.3. The van der Waals surface area contributed by atoms with E-state index in [1.165, 1.54) is 38.5 Å². The van der Waals surface area contributed by atoms with Crippen LogP contribution in [0.25, 0.3) is 0 Å². The van der Waals surface area contributed by atoms with E-state index >= 15 is 0 Å². The van der Waals surface area contributed by atoms with Crippen LogP contribution in [0.2, 0.25) is 0 Å². The molecule has 80 valence electrons. The van der Waals surface area contributed by atoms with Crippen LogP contribution in [0.4, 0.5) is 0 Å². The lowest BCUT2D eigenvalue weighted by atomic mass is 10.1. The van der Waals surface area contributed by atoms with Crippen molar-refractivity contribution in [1.82, 2.24) is 0 Å². The largest absolute Gasteiger partial charge is 0.350 e. The maximum atomic E-state index is 8.65. The highest BCUT2D eigenvalue weighted by Gasteiger charge is 1.97. The predicted octanol–water partition coefficient (Wildman–Crippen LogP) is 3.42. The highest BCUT2D eigenvalue weighted by atomic mass is 31.2. The van der Waals surface area contributed by atoms with Crippen molar-refractivity contribution in [2.75, 3.05) is 6.16 Å². The van der Waals surface area contributed by atoms with Crippen molar-refractivity contribution >= 4 is 8.38 Å². The zero-order valence-corrected chi connectivity index (χ0v) is 9.60. The molecule has 3 heteroatoms. The Bertz CT molecular complexity index is 96.9. The predicted molar refractivity (Wildman–Crippen MR) is 58.8 cm³/mol. The van der Waals surface area contributed by atoms with Crippen molar-refractivity contribution in [3.05, 3.63) is 0 Å². The molecule has 0 saturated heterocycles. The summed E-state index contributed by atoms with van der Waals surface area (Å²) in [6.45, 7) is 2.23. The smallest absolute Gasteiger partial charge is 0.164 e.